The molecular weight excluding hydrogens is 634 g/mol. The van der Waals surface area contributed by atoms with Crippen molar-refractivity contribution in [1.82, 2.24) is 14.5 Å². The van der Waals surface area contributed by atoms with Gasteiger partial charge in [0.05, 0.1) is 24.6 Å². The Morgan fingerprint density at radius 2 is 1.69 bits per heavy atom. The van der Waals surface area contributed by atoms with Crippen molar-refractivity contribution >= 4 is 23.4 Å². The molecule has 4 aliphatic heterocycles. The number of benzene rings is 3. The van der Waals surface area contributed by atoms with Gasteiger partial charge in [0.15, 0.2) is 16.4 Å². The van der Waals surface area contributed by atoms with Crippen LogP contribution in [0.2, 0.25) is 0 Å². The van der Waals surface area contributed by atoms with Crippen molar-refractivity contribution in [1.29, 1.82) is 0 Å². The Hall–Kier alpha value is -5.60. The fraction of sp³-hybridized carbons (Fsp3) is 0.314. The number of phenolic OH excluding ortho intramolecular Hbond substituents is 2. The number of carbonyl (C=O) groups is 2. The minimum absolute atomic E-state index is 0.0242. The number of fused-ring (bicyclic) bond motifs is 7. The number of hydrogen-bond donors (Lipinski definition) is 5. The maximum atomic E-state index is 13.4. The lowest BCUT2D eigenvalue weighted by atomic mass is 9.77. The third kappa shape index (κ3) is 5.11. The average Bonchev–Trinajstić information content (AvgIpc) is 3.81. The van der Waals surface area contributed by atoms with Gasteiger partial charge < -0.3 is 44.9 Å². The van der Waals surface area contributed by atoms with Crippen LogP contribution in [0.15, 0.2) is 65.9 Å². The average molecular weight is 668 g/mol. The zero-order valence-electron chi connectivity index (χ0n) is 26.2. The fourth-order valence-electron chi connectivity index (χ4n) is 7.05. The molecule has 1 spiro atoms. The van der Waals surface area contributed by atoms with Crippen molar-refractivity contribution in [2.75, 3.05) is 25.1 Å². The number of nitrogens with one attached hydrogen (secondary N) is 1. The van der Waals surface area contributed by atoms with Crippen LogP contribution in [-0.2, 0) is 19.9 Å². The van der Waals surface area contributed by atoms with Crippen LogP contribution in [0.3, 0.4) is 0 Å². The van der Waals surface area contributed by atoms with Crippen molar-refractivity contribution in [3.05, 3.63) is 94.0 Å². The van der Waals surface area contributed by atoms with Crippen molar-refractivity contribution in [2.45, 2.75) is 50.0 Å². The Morgan fingerprint density at radius 1 is 0.959 bits per heavy atom. The van der Waals surface area contributed by atoms with Gasteiger partial charge in [-0.2, -0.15) is 0 Å². The number of aliphatic hydroxyl groups excluding tert-OH is 2. The van der Waals surface area contributed by atoms with Crippen LogP contribution in [0.25, 0.3) is 5.88 Å². The molecule has 0 unspecified atom stereocenters. The molecular formula is C35H33N5O9. The number of ether oxygens (including phenoxy) is 3. The highest BCUT2D eigenvalue weighted by Crippen LogP contribution is 2.57. The standard InChI is InChI=1S/C35H33N5O9/c41-16-22-7-11-30(47-22)40-18-36-31-32(40)37-17-39(33(31)45)12-2-1-3-29(44)38-19-4-8-24-23(13-19)34(46)49-35(24)25-9-5-20(42)14-27(25)48-28-15-21(43)6-10-26(28)35/h4-6,8-10,13-15,18,22,30,41-43,45H,1-3,7,11-12,16-17H2,(H,38,44)/t22-,30+/m0/s1. The van der Waals surface area contributed by atoms with Gasteiger partial charge in [0.25, 0.3) is 0 Å². The van der Waals surface area contributed by atoms with Gasteiger partial charge in [-0.1, -0.05) is 6.07 Å². The van der Waals surface area contributed by atoms with Gasteiger partial charge in [-0.05, 0) is 62.1 Å². The fourth-order valence-corrected chi connectivity index (χ4v) is 7.05. The van der Waals surface area contributed by atoms with Gasteiger partial charge >= 0.3 is 5.97 Å². The molecule has 1 aromatic heterocycles. The predicted molar refractivity (Wildman–Crippen MR) is 171 cm³/mol. The van der Waals surface area contributed by atoms with Gasteiger partial charge in [-0.25, -0.2) is 14.8 Å². The summed E-state index contributed by atoms with van der Waals surface area (Å²) in [6, 6.07) is 14.1. The topological polar surface area (TPSA) is 188 Å². The normalized spacial score (nSPS) is 19.7. The monoisotopic (exact) mass is 667 g/mol. The number of aliphatic hydroxyl groups is 2. The lowest BCUT2D eigenvalue weighted by Gasteiger charge is -2.36. The molecule has 2 atom stereocenters. The van der Waals surface area contributed by atoms with Crippen LogP contribution >= 0.6 is 0 Å². The van der Waals surface area contributed by atoms with Crippen LogP contribution in [0.4, 0.5) is 5.69 Å². The molecule has 5 heterocycles. The molecule has 4 aromatic rings. The van der Waals surface area contributed by atoms with E-state index >= 15 is 0 Å². The van der Waals surface area contributed by atoms with E-state index in [2.05, 4.69) is 15.3 Å². The van der Waals surface area contributed by atoms with Crippen LogP contribution < -0.4 is 20.9 Å². The first-order valence-corrected chi connectivity index (χ1v) is 16.1. The molecule has 0 saturated carbocycles. The van der Waals surface area contributed by atoms with Crippen molar-refractivity contribution in [2.24, 2.45) is 4.99 Å². The second-order valence-electron chi connectivity index (χ2n) is 12.5. The lowest BCUT2D eigenvalue weighted by Crippen LogP contribution is -2.44. The maximum absolute atomic E-state index is 13.4. The molecule has 252 valence electrons. The quantitative estimate of drug-likeness (QED) is 0.137. The summed E-state index contributed by atoms with van der Waals surface area (Å²) < 4.78 is 19.7. The molecule has 14 heteroatoms. The van der Waals surface area contributed by atoms with E-state index in [-0.39, 0.29) is 72.4 Å². The number of nitrogens with zero attached hydrogens (tertiary/aromatic N) is 4. The third-order valence-corrected chi connectivity index (χ3v) is 9.41. The van der Waals surface area contributed by atoms with E-state index in [1.807, 2.05) is 0 Å². The number of anilines is 1. The Bertz CT molecular complexity index is 2080. The van der Waals surface area contributed by atoms with Gasteiger partial charge in [0.1, 0.15) is 35.9 Å². The highest BCUT2D eigenvalue weighted by atomic mass is 16.6. The molecule has 4 aliphatic rings. The second-order valence-corrected chi connectivity index (χ2v) is 12.5. The molecule has 1 saturated heterocycles. The van der Waals surface area contributed by atoms with E-state index in [0.717, 1.165) is 12.8 Å². The first-order chi connectivity index (χ1) is 23.7. The van der Waals surface area contributed by atoms with Crippen molar-refractivity contribution in [3.8, 4) is 23.0 Å². The second kappa shape index (κ2) is 11.8. The minimum Gasteiger partial charge on any atom is -0.508 e. The molecule has 1 amide bonds. The van der Waals surface area contributed by atoms with Gasteiger partial charge in [-0.3, -0.25) is 9.36 Å². The highest BCUT2D eigenvalue weighted by Gasteiger charge is 2.53. The van der Waals surface area contributed by atoms with Crippen molar-refractivity contribution in [3.63, 3.8) is 0 Å². The summed E-state index contributed by atoms with van der Waals surface area (Å²) in [6.45, 7) is 0.664. The first-order valence-electron chi connectivity index (χ1n) is 16.1. The van der Waals surface area contributed by atoms with E-state index in [1.165, 1.54) is 24.3 Å². The third-order valence-electron chi connectivity index (χ3n) is 9.41. The molecule has 0 aliphatic carbocycles. The van der Waals surface area contributed by atoms with E-state index in [4.69, 9.17) is 14.2 Å². The van der Waals surface area contributed by atoms with E-state index in [0.29, 0.717) is 52.6 Å². The van der Waals surface area contributed by atoms with Crippen LogP contribution in [0.5, 0.6) is 23.0 Å². The molecule has 49 heavy (non-hydrogen) atoms. The lowest BCUT2D eigenvalue weighted by molar-refractivity contribution is -0.116. The molecule has 0 bridgehead atoms. The van der Waals surface area contributed by atoms with Gasteiger partial charge in [0.2, 0.25) is 11.8 Å². The maximum Gasteiger partial charge on any atom is 0.340 e. The smallest absolute Gasteiger partial charge is 0.340 e. The number of aromatic nitrogens is 2. The number of aromatic hydroxyl groups is 2. The number of hydrogen-bond acceptors (Lipinski definition) is 12. The number of rotatable bonds is 8. The molecule has 8 rings (SSSR count). The Kier molecular flexibility index (Phi) is 7.41. The summed E-state index contributed by atoms with van der Waals surface area (Å²) in [4.78, 5) is 36.9. The SMILES string of the molecule is O=C(CCCCN1CN=c2c(ncn2[C@H]2CC[C@@H](CO)O2)=C1O)Nc1ccc2c(c1)C(=O)OC21c2ccc(O)cc2Oc2cc(O)ccc21. The molecule has 3 aromatic carbocycles. The Morgan fingerprint density at radius 3 is 2.41 bits per heavy atom. The summed E-state index contributed by atoms with van der Waals surface area (Å²) in [5.41, 5.74) is 1.44. The largest absolute Gasteiger partial charge is 0.508 e. The highest BCUT2D eigenvalue weighted by molar-refractivity contribution is 5.99. The first kappa shape index (κ1) is 30.7. The Balaban J connectivity index is 0.929. The van der Waals surface area contributed by atoms with E-state index in [9.17, 15) is 30.0 Å². The van der Waals surface area contributed by atoms with Crippen LogP contribution in [-0.4, -0.2) is 72.7 Å². The van der Waals surface area contributed by atoms with Gasteiger partial charge in [0, 0.05) is 47.5 Å². The molecule has 14 nitrogen and oxygen atoms in total. The summed E-state index contributed by atoms with van der Waals surface area (Å²) in [7, 11) is 0. The number of esters is 1. The summed E-state index contributed by atoms with van der Waals surface area (Å²) >= 11 is 0. The summed E-state index contributed by atoms with van der Waals surface area (Å²) in [6.07, 6.45) is 3.93. The molecule has 1 fully saturated rings. The number of carbonyl (C=O) groups excluding carboxylic acids is 2. The predicted octanol–water partition coefficient (Wildman–Crippen LogP) is 2.86. The Labute approximate surface area is 279 Å². The zero-order chi connectivity index (χ0) is 33.9. The zero-order valence-corrected chi connectivity index (χ0v) is 26.2. The van der Waals surface area contributed by atoms with Gasteiger partial charge in [-0.15, -0.1) is 0 Å². The van der Waals surface area contributed by atoms with Crippen LogP contribution in [0, 0.1) is 0 Å². The summed E-state index contributed by atoms with van der Waals surface area (Å²) in [5, 5.41) is 43.7. The van der Waals surface area contributed by atoms with E-state index < -0.39 is 11.6 Å². The number of unbranched alkanes of at least 4 members (excludes halogenated alkanes) is 1. The minimum atomic E-state index is -1.38. The van der Waals surface area contributed by atoms with Crippen LogP contribution in [0.1, 0.15) is 65.4 Å². The van der Waals surface area contributed by atoms with Crippen molar-refractivity contribution < 1.29 is 44.2 Å². The number of amides is 1. The summed E-state index contributed by atoms with van der Waals surface area (Å²) in [5.74, 6) is -0.297. The number of phenols is 2. The molecule has 5 N–H and O–H groups in total. The van der Waals surface area contributed by atoms with E-state index in [1.54, 1.807) is 46.1 Å². The molecule has 0 radical (unpaired) electrons. The number of imidazole rings is 1.